The molecule has 4 nitrogen and oxygen atoms in total. The summed E-state index contributed by atoms with van der Waals surface area (Å²) in [6.07, 6.45) is 2.34. The van der Waals surface area contributed by atoms with Gasteiger partial charge in [0.1, 0.15) is 17.3 Å². The molecule has 0 aliphatic heterocycles. The minimum atomic E-state index is -0.704. The molecule has 122 valence electrons. The lowest BCUT2D eigenvalue weighted by molar-refractivity contribution is 0.0947. The summed E-state index contributed by atoms with van der Waals surface area (Å²) in [5, 5.41) is 5.59. The third-order valence-electron chi connectivity index (χ3n) is 3.21. The first-order valence-electron chi connectivity index (χ1n) is 7.42. The fraction of sp³-hybridized carbons (Fsp3) is 0.294. The zero-order valence-electron chi connectivity index (χ0n) is 13.1. The molecule has 1 amide bonds. The first-order chi connectivity index (χ1) is 11.0. The van der Waals surface area contributed by atoms with Crippen molar-refractivity contribution in [2.45, 2.75) is 20.3 Å². The highest BCUT2D eigenvalue weighted by atomic mass is 19.1. The quantitative estimate of drug-likeness (QED) is 0.849. The maximum atomic E-state index is 13.6. The molecule has 0 atom stereocenters. The molecule has 23 heavy (non-hydrogen) atoms. The zero-order chi connectivity index (χ0) is 16.8. The van der Waals surface area contributed by atoms with E-state index in [4.69, 9.17) is 0 Å². The summed E-state index contributed by atoms with van der Waals surface area (Å²) in [5.41, 5.74) is 0.865. The molecule has 0 spiro atoms. The van der Waals surface area contributed by atoms with Gasteiger partial charge in [0.15, 0.2) is 0 Å². The zero-order valence-corrected chi connectivity index (χ0v) is 13.1. The van der Waals surface area contributed by atoms with Gasteiger partial charge in [0.05, 0.1) is 5.69 Å². The van der Waals surface area contributed by atoms with E-state index in [0.717, 1.165) is 18.6 Å². The van der Waals surface area contributed by atoms with Gasteiger partial charge >= 0.3 is 0 Å². The molecule has 2 rings (SSSR count). The minimum absolute atomic E-state index is 0.128. The highest BCUT2D eigenvalue weighted by molar-refractivity contribution is 5.93. The van der Waals surface area contributed by atoms with E-state index in [1.54, 1.807) is 6.07 Å². The number of carbonyl (C=O) groups excluding carboxylic acids is 1. The van der Waals surface area contributed by atoms with Crippen molar-refractivity contribution in [1.82, 2.24) is 10.3 Å². The van der Waals surface area contributed by atoms with Gasteiger partial charge in [-0.2, -0.15) is 0 Å². The van der Waals surface area contributed by atoms with Crippen LogP contribution < -0.4 is 10.6 Å². The van der Waals surface area contributed by atoms with Gasteiger partial charge in [0.25, 0.3) is 5.91 Å². The van der Waals surface area contributed by atoms with Crippen molar-refractivity contribution >= 4 is 17.3 Å². The number of hydrogen-bond donors (Lipinski definition) is 2. The lowest BCUT2D eigenvalue weighted by Gasteiger charge is -2.10. The molecule has 0 bridgehead atoms. The summed E-state index contributed by atoms with van der Waals surface area (Å²) in [4.78, 5) is 16.0. The van der Waals surface area contributed by atoms with Gasteiger partial charge in [0.2, 0.25) is 0 Å². The Morgan fingerprint density at radius 1 is 1.22 bits per heavy atom. The molecule has 0 radical (unpaired) electrons. The van der Waals surface area contributed by atoms with Gasteiger partial charge in [-0.3, -0.25) is 9.78 Å². The van der Waals surface area contributed by atoms with Crippen molar-refractivity contribution in [3.63, 3.8) is 0 Å². The summed E-state index contributed by atoms with van der Waals surface area (Å²) in [6.45, 7) is 4.72. The standard InChI is InChI=1S/C17H19F2N3O/c1-11(2)5-7-21-17(23)16-10-13(6-8-20-16)22-15-4-3-12(18)9-14(15)19/h3-4,6,8-11H,5,7H2,1-2H3,(H,20,22)(H,21,23). The number of amides is 1. The Hall–Kier alpha value is -2.50. The molecule has 1 aromatic carbocycles. The molecule has 1 heterocycles. The molecule has 1 aromatic heterocycles. The van der Waals surface area contributed by atoms with Gasteiger partial charge < -0.3 is 10.6 Å². The van der Waals surface area contributed by atoms with E-state index in [1.807, 2.05) is 0 Å². The number of anilines is 2. The van der Waals surface area contributed by atoms with Crippen LogP contribution in [-0.2, 0) is 0 Å². The number of nitrogens with one attached hydrogen (secondary N) is 2. The molecule has 2 N–H and O–H groups in total. The molecule has 0 unspecified atom stereocenters. The number of pyridine rings is 1. The number of nitrogens with zero attached hydrogens (tertiary/aromatic N) is 1. The van der Waals surface area contributed by atoms with E-state index in [9.17, 15) is 13.6 Å². The molecule has 0 aliphatic carbocycles. The Morgan fingerprint density at radius 2 is 2.00 bits per heavy atom. The van der Waals surface area contributed by atoms with Crippen molar-refractivity contribution in [3.8, 4) is 0 Å². The number of benzene rings is 1. The summed E-state index contributed by atoms with van der Waals surface area (Å²) in [5.74, 6) is -1.13. The monoisotopic (exact) mass is 319 g/mol. The second-order valence-corrected chi connectivity index (χ2v) is 5.62. The van der Waals surface area contributed by atoms with Crippen LogP contribution in [0.15, 0.2) is 36.5 Å². The van der Waals surface area contributed by atoms with Crippen LogP contribution in [0.1, 0.15) is 30.8 Å². The first kappa shape index (κ1) is 16.9. The molecule has 0 fully saturated rings. The van der Waals surface area contributed by atoms with Gasteiger partial charge in [-0.05, 0) is 36.6 Å². The van der Waals surface area contributed by atoms with Gasteiger partial charge in [-0.25, -0.2) is 8.78 Å². The first-order valence-corrected chi connectivity index (χ1v) is 7.42. The summed E-state index contributed by atoms with van der Waals surface area (Å²) < 4.78 is 26.5. The summed E-state index contributed by atoms with van der Waals surface area (Å²) >= 11 is 0. The predicted octanol–water partition coefficient (Wildman–Crippen LogP) is 3.88. The third-order valence-corrected chi connectivity index (χ3v) is 3.21. The smallest absolute Gasteiger partial charge is 0.269 e. The topological polar surface area (TPSA) is 54.0 Å². The molecule has 2 aromatic rings. The number of aromatic nitrogens is 1. The van der Waals surface area contributed by atoms with Crippen molar-refractivity contribution < 1.29 is 13.6 Å². The van der Waals surface area contributed by atoms with Crippen LogP contribution in [0.3, 0.4) is 0 Å². The van der Waals surface area contributed by atoms with Crippen LogP contribution in [0.25, 0.3) is 0 Å². The summed E-state index contributed by atoms with van der Waals surface area (Å²) in [7, 11) is 0. The number of halogens is 2. The normalized spacial score (nSPS) is 10.7. The third kappa shape index (κ3) is 5.02. The highest BCUT2D eigenvalue weighted by Crippen LogP contribution is 2.20. The van der Waals surface area contributed by atoms with Gasteiger partial charge in [-0.1, -0.05) is 13.8 Å². The molecule has 0 saturated carbocycles. The van der Waals surface area contributed by atoms with Crippen LogP contribution in [0.4, 0.5) is 20.2 Å². The number of carbonyl (C=O) groups is 1. The van der Waals surface area contributed by atoms with Crippen LogP contribution in [0.5, 0.6) is 0 Å². The predicted molar refractivity (Wildman–Crippen MR) is 85.7 cm³/mol. The fourth-order valence-corrected chi connectivity index (χ4v) is 1.94. The van der Waals surface area contributed by atoms with Crippen molar-refractivity contribution in [3.05, 3.63) is 53.9 Å². The Labute approximate surface area is 133 Å². The second-order valence-electron chi connectivity index (χ2n) is 5.62. The molecule has 0 saturated heterocycles. The average Bonchev–Trinajstić information content (AvgIpc) is 2.50. The fourth-order valence-electron chi connectivity index (χ4n) is 1.94. The maximum Gasteiger partial charge on any atom is 0.269 e. The number of hydrogen-bond acceptors (Lipinski definition) is 3. The lowest BCUT2D eigenvalue weighted by Crippen LogP contribution is -2.26. The van der Waals surface area contributed by atoms with Crippen LogP contribution in [0.2, 0.25) is 0 Å². The van der Waals surface area contributed by atoms with Crippen molar-refractivity contribution in [1.29, 1.82) is 0 Å². The van der Waals surface area contributed by atoms with E-state index in [-0.39, 0.29) is 17.3 Å². The Kier molecular flexibility index (Phi) is 5.62. The van der Waals surface area contributed by atoms with Gasteiger partial charge in [0, 0.05) is 24.5 Å². The van der Waals surface area contributed by atoms with E-state index in [1.165, 1.54) is 18.3 Å². The maximum absolute atomic E-state index is 13.6. The van der Waals surface area contributed by atoms with E-state index in [0.29, 0.717) is 18.2 Å². The van der Waals surface area contributed by atoms with E-state index < -0.39 is 11.6 Å². The Bertz CT molecular complexity index is 689. The van der Waals surface area contributed by atoms with Gasteiger partial charge in [-0.15, -0.1) is 0 Å². The van der Waals surface area contributed by atoms with E-state index in [2.05, 4.69) is 29.5 Å². The van der Waals surface area contributed by atoms with Crippen LogP contribution in [0, 0.1) is 17.6 Å². The second kappa shape index (κ2) is 7.67. The average molecular weight is 319 g/mol. The highest BCUT2D eigenvalue weighted by Gasteiger charge is 2.09. The van der Waals surface area contributed by atoms with Crippen molar-refractivity contribution in [2.24, 2.45) is 5.92 Å². The molecule has 6 heteroatoms. The lowest BCUT2D eigenvalue weighted by atomic mass is 10.1. The minimum Gasteiger partial charge on any atom is -0.353 e. The molecular formula is C17H19F2N3O. The largest absolute Gasteiger partial charge is 0.353 e. The van der Waals surface area contributed by atoms with Crippen LogP contribution in [-0.4, -0.2) is 17.4 Å². The SMILES string of the molecule is CC(C)CCNC(=O)c1cc(Nc2ccc(F)cc2F)ccn1. The van der Waals surface area contributed by atoms with E-state index >= 15 is 0 Å². The van der Waals surface area contributed by atoms with Crippen molar-refractivity contribution in [2.75, 3.05) is 11.9 Å². The summed E-state index contributed by atoms with van der Waals surface area (Å²) in [6, 6.07) is 6.38. The number of rotatable bonds is 6. The molecule has 0 aliphatic rings. The molecular weight excluding hydrogens is 300 g/mol. The van der Waals surface area contributed by atoms with Crippen LogP contribution >= 0.6 is 0 Å². The Morgan fingerprint density at radius 3 is 2.70 bits per heavy atom. The Balaban J connectivity index is 2.06.